The number of alkyl halides is 3. The van der Waals surface area contributed by atoms with Crippen LogP contribution in [0.25, 0.3) is 0 Å². The lowest BCUT2D eigenvalue weighted by atomic mass is 9.89. The lowest BCUT2D eigenvalue weighted by Gasteiger charge is -2.38. The zero-order valence-electron chi connectivity index (χ0n) is 14.1. The van der Waals surface area contributed by atoms with Gasteiger partial charge in [0.05, 0.1) is 5.56 Å². The first kappa shape index (κ1) is 18.5. The number of hydrogen-bond acceptors (Lipinski definition) is 4. The monoisotopic (exact) mass is 344 g/mol. The van der Waals surface area contributed by atoms with Gasteiger partial charge in [-0.2, -0.15) is 13.2 Å². The van der Waals surface area contributed by atoms with Crippen molar-refractivity contribution in [1.82, 2.24) is 9.88 Å². The Bertz CT molecular complexity index is 595. The molecule has 0 radical (unpaired) electrons. The fourth-order valence-electron chi connectivity index (χ4n) is 3.05. The molecule has 1 amide bonds. The van der Waals surface area contributed by atoms with Gasteiger partial charge in [0.25, 0.3) is 5.91 Å². The van der Waals surface area contributed by atoms with Crippen molar-refractivity contribution in [2.24, 2.45) is 11.7 Å². The van der Waals surface area contributed by atoms with Gasteiger partial charge in [0.15, 0.2) is 0 Å². The Morgan fingerprint density at radius 3 is 2.38 bits per heavy atom. The van der Waals surface area contributed by atoms with Crippen LogP contribution in [0.4, 0.5) is 19.0 Å². The Hall–Kier alpha value is -1.83. The topological polar surface area (TPSA) is 62.5 Å². The average Bonchev–Trinajstić information content (AvgIpc) is 2.52. The summed E-state index contributed by atoms with van der Waals surface area (Å²) in [5.74, 6) is -0.276. The predicted octanol–water partition coefficient (Wildman–Crippen LogP) is 2.37. The van der Waals surface area contributed by atoms with Crippen LogP contribution in [-0.2, 0) is 6.18 Å². The van der Waals surface area contributed by atoms with Crippen molar-refractivity contribution in [2.45, 2.75) is 32.0 Å². The Balaban J connectivity index is 2.24. The molecule has 134 valence electrons. The number of primary amides is 1. The van der Waals surface area contributed by atoms with Crippen molar-refractivity contribution in [3.63, 3.8) is 0 Å². The third-order valence-electron chi connectivity index (χ3n) is 4.77. The standard InChI is InChI=1S/C16H23F3N4O/c1-10(22(2)3)11-6-8-23(9-7-11)15-12(14(20)24)4-5-13(21-15)16(17,18)19/h4-5,10-11H,6-9H2,1-3H3,(H2,20,24)/t10-/m0/s1. The molecule has 24 heavy (non-hydrogen) atoms. The fourth-order valence-corrected chi connectivity index (χ4v) is 3.05. The summed E-state index contributed by atoms with van der Waals surface area (Å²) >= 11 is 0. The van der Waals surface area contributed by atoms with Gasteiger partial charge in [0, 0.05) is 19.1 Å². The molecule has 0 unspecified atom stereocenters. The van der Waals surface area contributed by atoms with Crippen molar-refractivity contribution in [1.29, 1.82) is 0 Å². The average molecular weight is 344 g/mol. The van der Waals surface area contributed by atoms with Gasteiger partial charge in [-0.1, -0.05) is 0 Å². The molecule has 0 aromatic carbocycles. The van der Waals surface area contributed by atoms with E-state index in [1.165, 1.54) is 0 Å². The van der Waals surface area contributed by atoms with Crippen LogP contribution in [-0.4, -0.2) is 49.0 Å². The van der Waals surface area contributed by atoms with Crippen LogP contribution < -0.4 is 10.6 Å². The number of halogens is 3. The molecular formula is C16H23F3N4O. The second-order valence-corrected chi connectivity index (χ2v) is 6.46. The van der Waals surface area contributed by atoms with E-state index in [1.807, 2.05) is 14.1 Å². The van der Waals surface area contributed by atoms with E-state index < -0.39 is 17.8 Å². The molecule has 1 aromatic rings. The highest BCUT2D eigenvalue weighted by Gasteiger charge is 2.35. The smallest absolute Gasteiger partial charge is 0.365 e. The first-order valence-electron chi connectivity index (χ1n) is 7.90. The first-order valence-corrected chi connectivity index (χ1v) is 7.90. The van der Waals surface area contributed by atoms with Crippen LogP contribution >= 0.6 is 0 Å². The molecule has 5 nitrogen and oxygen atoms in total. The molecular weight excluding hydrogens is 321 g/mol. The third-order valence-corrected chi connectivity index (χ3v) is 4.77. The minimum Gasteiger partial charge on any atom is -0.365 e. The summed E-state index contributed by atoms with van der Waals surface area (Å²) in [7, 11) is 4.02. The van der Waals surface area contributed by atoms with Crippen LogP contribution in [0.2, 0.25) is 0 Å². The van der Waals surface area contributed by atoms with Gasteiger partial charge in [-0.3, -0.25) is 4.79 Å². The zero-order chi connectivity index (χ0) is 18.1. The number of hydrogen-bond donors (Lipinski definition) is 1. The molecule has 0 bridgehead atoms. The number of nitrogens with two attached hydrogens (primary N) is 1. The largest absolute Gasteiger partial charge is 0.433 e. The molecule has 1 aromatic heterocycles. The summed E-state index contributed by atoms with van der Waals surface area (Å²) in [4.78, 5) is 19.1. The van der Waals surface area contributed by atoms with E-state index in [1.54, 1.807) is 4.90 Å². The second-order valence-electron chi connectivity index (χ2n) is 6.46. The molecule has 0 saturated carbocycles. The Labute approximate surface area is 139 Å². The number of anilines is 1. The van der Waals surface area contributed by atoms with Crippen LogP contribution in [0.1, 0.15) is 35.8 Å². The van der Waals surface area contributed by atoms with Gasteiger partial charge < -0.3 is 15.5 Å². The molecule has 1 saturated heterocycles. The molecule has 2 rings (SSSR count). The van der Waals surface area contributed by atoms with E-state index in [-0.39, 0.29) is 11.4 Å². The maximum Gasteiger partial charge on any atom is 0.433 e. The quantitative estimate of drug-likeness (QED) is 0.911. The van der Waals surface area contributed by atoms with E-state index >= 15 is 0 Å². The second kappa shape index (κ2) is 6.96. The first-order chi connectivity index (χ1) is 11.1. The van der Waals surface area contributed by atoms with Gasteiger partial charge >= 0.3 is 6.18 Å². The van der Waals surface area contributed by atoms with Gasteiger partial charge in [-0.15, -0.1) is 0 Å². The van der Waals surface area contributed by atoms with Gasteiger partial charge in [0.1, 0.15) is 11.5 Å². The minimum atomic E-state index is -4.55. The zero-order valence-corrected chi connectivity index (χ0v) is 14.1. The highest BCUT2D eigenvalue weighted by Crippen LogP contribution is 2.32. The van der Waals surface area contributed by atoms with Crippen molar-refractivity contribution < 1.29 is 18.0 Å². The van der Waals surface area contributed by atoms with Crippen molar-refractivity contribution >= 4 is 11.7 Å². The van der Waals surface area contributed by atoms with Gasteiger partial charge in [-0.25, -0.2) is 4.98 Å². The summed E-state index contributed by atoms with van der Waals surface area (Å²) in [6.45, 7) is 3.24. The van der Waals surface area contributed by atoms with E-state index in [9.17, 15) is 18.0 Å². The maximum absolute atomic E-state index is 12.9. The van der Waals surface area contributed by atoms with Gasteiger partial charge in [0.2, 0.25) is 0 Å². The van der Waals surface area contributed by atoms with Crippen LogP contribution in [0.5, 0.6) is 0 Å². The summed E-state index contributed by atoms with van der Waals surface area (Å²) in [6, 6.07) is 2.30. The fraction of sp³-hybridized carbons (Fsp3) is 0.625. The van der Waals surface area contributed by atoms with E-state index in [2.05, 4.69) is 16.8 Å². The number of nitrogens with zero attached hydrogens (tertiary/aromatic N) is 3. The molecule has 2 heterocycles. The van der Waals surface area contributed by atoms with E-state index in [4.69, 9.17) is 5.73 Å². The number of rotatable bonds is 4. The summed E-state index contributed by atoms with van der Waals surface area (Å²) in [5, 5.41) is 0. The molecule has 2 N–H and O–H groups in total. The highest BCUT2D eigenvalue weighted by molar-refractivity contribution is 5.97. The number of aromatic nitrogens is 1. The minimum absolute atomic E-state index is 0.0297. The summed E-state index contributed by atoms with van der Waals surface area (Å²) < 4.78 is 38.8. The molecule has 1 fully saturated rings. The lowest BCUT2D eigenvalue weighted by Crippen LogP contribution is -2.42. The van der Waals surface area contributed by atoms with Crippen molar-refractivity contribution in [3.8, 4) is 0 Å². The Kier molecular flexibility index (Phi) is 5.37. The molecule has 8 heteroatoms. The Morgan fingerprint density at radius 2 is 1.92 bits per heavy atom. The van der Waals surface area contributed by atoms with Crippen molar-refractivity contribution in [3.05, 3.63) is 23.4 Å². The molecule has 1 aliphatic rings. The molecule has 1 atom stereocenters. The highest BCUT2D eigenvalue weighted by atomic mass is 19.4. The third kappa shape index (κ3) is 3.98. The normalized spacial score (nSPS) is 18.0. The van der Waals surface area contributed by atoms with E-state index in [0.717, 1.165) is 25.0 Å². The van der Waals surface area contributed by atoms with Crippen LogP contribution in [0, 0.1) is 5.92 Å². The van der Waals surface area contributed by atoms with Crippen LogP contribution in [0.3, 0.4) is 0 Å². The number of pyridine rings is 1. The number of amides is 1. The molecule has 0 spiro atoms. The van der Waals surface area contributed by atoms with Crippen molar-refractivity contribution in [2.75, 3.05) is 32.1 Å². The van der Waals surface area contributed by atoms with E-state index in [0.29, 0.717) is 25.0 Å². The maximum atomic E-state index is 12.9. The number of carbonyl (C=O) groups excluding carboxylic acids is 1. The molecule has 1 aliphatic heterocycles. The number of piperidine rings is 1. The Morgan fingerprint density at radius 1 is 1.33 bits per heavy atom. The van der Waals surface area contributed by atoms with Crippen LogP contribution in [0.15, 0.2) is 12.1 Å². The molecule has 0 aliphatic carbocycles. The summed E-state index contributed by atoms with van der Waals surface area (Å²) in [5.41, 5.74) is 4.32. The summed E-state index contributed by atoms with van der Waals surface area (Å²) in [6.07, 6.45) is -2.90. The van der Waals surface area contributed by atoms with Gasteiger partial charge in [-0.05, 0) is 51.9 Å². The predicted molar refractivity (Wildman–Crippen MR) is 85.8 cm³/mol. The number of carbonyl (C=O) groups is 1. The SMILES string of the molecule is C[C@@H](C1CCN(c2nc(C(F)(F)F)ccc2C(N)=O)CC1)N(C)C. The lowest BCUT2D eigenvalue weighted by molar-refractivity contribution is -0.141.